The van der Waals surface area contributed by atoms with E-state index in [0.29, 0.717) is 45.2 Å². The van der Waals surface area contributed by atoms with E-state index in [1.807, 2.05) is 26.1 Å². The number of hydrogen-bond acceptors (Lipinski definition) is 8. The van der Waals surface area contributed by atoms with Crippen molar-refractivity contribution >= 4 is 45.6 Å². The molecule has 10 heteroatoms. The van der Waals surface area contributed by atoms with Crippen molar-refractivity contribution in [2.45, 2.75) is 39.7 Å². The maximum absolute atomic E-state index is 6.63. The molecule has 3 aromatic rings. The van der Waals surface area contributed by atoms with Gasteiger partial charge in [-0.2, -0.15) is 0 Å². The minimum atomic E-state index is 0.0511. The van der Waals surface area contributed by atoms with Gasteiger partial charge in [-0.1, -0.05) is 37.0 Å². The Bertz CT molecular complexity index is 1110. The molecule has 0 spiro atoms. The summed E-state index contributed by atoms with van der Waals surface area (Å²) in [7, 11) is 6.60. The molecule has 0 amide bonds. The van der Waals surface area contributed by atoms with Crippen molar-refractivity contribution in [3.05, 3.63) is 34.4 Å². The summed E-state index contributed by atoms with van der Waals surface area (Å²) in [4.78, 5) is 9.29. The fourth-order valence-corrected chi connectivity index (χ4v) is 4.24. The number of anilines is 2. The third kappa shape index (κ3) is 7.98. The van der Waals surface area contributed by atoms with Gasteiger partial charge < -0.3 is 29.6 Å². The molecule has 0 saturated heterocycles. The van der Waals surface area contributed by atoms with Gasteiger partial charge in [-0.05, 0) is 31.9 Å². The van der Waals surface area contributed by atoms with E-state index in [1.165, 1.54) is 14.2 Å². The van der Waals surface area contributed by atoms with Crippen molar-refractivity contribution in [2.75, 3.05) is 58.8 Å². The largest absolute Gasteiger partial charge is 0.495 e. The second-order valence-corrected chi connectivity index (χ2v) is 8.78. The Morgan fingerprint density at radius 1 is 0.973 bits per heavy atom. The first-order valence-corrected chi connectivity index (χ1v) is 13.1. The van der Waals surface area contributed by atoms with Crippen LogP contribution in [0.2, 0.25) is 10.0 Å². The van der Waals surface area contributed by atoms with Crippen molar-refractivity contribution in [3.63, 3.8) is 0 Å². The lowest BCUT2D eigenvalue weighted by molar-refractivity contribution is 0.110. The van der Waals surface area contributed by atoms with E-state index in [2.05, 4.69) is 29.5 Å². The Morgan fingerprint density at radius 3 is 2.14 bits per heavy atom. The number of halogens is 2. The average Bonchev–Trinajstić information content (AvgIpc) is 2.92. The Hall–Kier alpha value is -2.52. The molecule has 0 saturated carbocycles. The second kappa shape index (κ2) is 15.7. The minimum Gasteiger partial charge on any atom is -0.495 e. The van der Waals surface area contributed by atoms with Gasteiger partial charge in [0.25, 0.3) is 0 Å². The molecule has 8 nitrogen and oxygen atoms in total. The zero-order valence-electron chi connectivity index (χ0n) is 22.7. The molecule has 0 aliphatic rings. The van der Waals surface area contributed by atoms with Crippen molar-refractivity contribution < 1.29 is 18.9 Å². The van der Waals surface area contributed by atoms with Crippen LogP contribution in [0.25, 0.3) is 22.0 Å². The Kier molecular flexibility index (Phi) is 13.0. The zero-order valence-corrected chi connectivity index (χ0v) is 24.2. The standard InChI is InChI=1S/C22H26Cl2N4O3.C5H12O/c1-6-13(29-3)11-27-22-14-8-18(25-2)26-10-12(14)7-15(28-22)19-20(23)16(30-4)9-17(31-5)21(19)24;1-3-5-6-4-2/h7-10,13H,6,11H2,1-5H3,(H,25,26)(H,27,28);3-5H2,1-2H3. The van der Waals surface area contributed by atoms with Crippen LogP contribution in [0, 0.1) is 0 Å². The molecule has 3 rings (SSSR count). The summed E-state index contributed by atoms with van der Waals surface area (Å²) < 4.78 is 21.3. The van der Waals surface area contributed by atoms with Crippen LogP contribution in [-0.2, 0) is 9.47 Å². The predicted octanol–water partition coefficient (Wildman–Crippen LogP) is 6.93. The third-order valence-corrected chi connectivity index (χ3v) is 6.39. The predicted molar refractivity (Wildman–Crippen MR) is 154 cm³/mol. The molecule has 0 bridgehead atoms. The van der Waals surface area contributed by atoms with E-state index >= 15 is 0 Å². The number of hydrogen-bond donors (Lipinski definition) is 2. The van der Waals surface area contributed by atoms with Crippen molar-refractivity contribution in [3.8, 4) is 22.8 Å². The normalized spacial score (nSPS) is 11.5. The molecule has 2 heterocycles. The van der Waals surface area contributed by atoms with Crippen LogP contribution in [0.5, 0.6) is 11.5 Å². The Labute approximate surface area is 230 Å². The molecular weight excluding hydrogens is 515 g/mol. The molecular formula is C27H38Cl2N4O4. The van der Waals surface area contributed by atoms with Gasteiger partial charge in [0.1, 0.15) is 23.1 Å². The number of pyridine rings is 2. The van der Waals surface area contributed by atoms with Crippen LogP contribution < -0.4 is 20.1 Å². The van der Waals surface area contributed by atoms with Crippen LogP contribution in [0.3, 0.4) is 0 Å². The van der Waals surface area contributed by atoms with Crippen LogP contribution in [0.4, 0.5) is 11.6 Å². The van der Waals surface area contributed by atoms with Gasteiger partial charge in [-0.3, -0.25) is 0 Å². The molecule has 0 fully saturated rings. The highest BCUT2D eigenvalue weighted by molar-refractivity contribution is 6.41. The third-order valence-electron chi connectivity index (χ3n) is 5.64. The molecule has 0 aliphatic carbocycles. The summed E-state index contributed by atoms with van der Waals surface area (Å²) in [6.45, 7) is 8.55. The highest BCUT2D eigenvalue weighted by atomic mass is 35.5. The summed E-state index contributed by atoms with van der Waals surface area (Å²) in [6, 6.07) is 5.49. The quantitative estimate of drug-likeness (QED) is 0.234. The topological polar surface area (TPSA) is 86.8 Å². The minimum absolute atomic E-state index is 0.0511. The SMILES string of the molecule is CCC(CNc1nc(-c2c(Cl)c(OC)cc(OC)c2Cl)cc2cnc(NC)cc12)OC.CCCOCC. The van der Waals surface area contributed by atoms with Gasteiger partial charge in [0, 0.05) is 62.5 Å². The molecule has 0 aliphatic heterocycles. The number of ether oxygens (including phenoxy) is 4. The maximum Gasteiger partial charge on any atom is 0.141 e. The van der Waals surface area contributed by atoms with Gasteiger partial charge >= 0.3 is 0 Å². The van der Waals surface area contributed by atoms with E-state index in [0.717, 1.165) is 42.6 Å². The molecule has 2 aromatic heterocycles. The van der Waals surface area contributed by atoms with Crippen LogP contribution in [0.15, 0.2) is 24.4 Å². The number of rotatable bonds is 12. The van der Waals surface area contributed by atoms with Crippen molar-refractivity contribution in [2.24, 2.45) is 0 Å². The number of nitrogens with one attached hydrogen (secondary N) is 2. The highest BCUT2D eigenvalue weighted by Gasteiger charge is 2.21. The molecule has 37 heavy (non-hydrogen) atoms. The molecule has 2 N–H and O–H groups in total. The van der Waals surface area contributed by atoms with Gasteiger partial charge in [-0.15, -0.1) is 0 Å². The Morgan fingerprint density at radius 2 is 1.65 bits per heavy atom. The fraction of sp³-hybridized carbons (Fsp3) is 0.481. The zero-order chi connectivity index (χ0) is 27.4. The first kappa shape index (κ1) is 30.7. The van der Waals surface area contributed by atoms with Crippen LogP contribution >= 0.6 is 23.2 Å². The van der Waals surface area contributed by atoms with E-state index in [-0.39, 0.29) is 6.10 Å². The lowest BCUT2D eigenvalue weighted by Crippen LogP contribution is -2.21. The smallest absolute Gasteiger partial charge is 0.141 e. The highest BCUT2D eigenvalue weighted by Crippen LogP contribution is 2.46. The van der Waals surface area contributed by atoms with Crippen molar-refractivity contribution in [1.29, 1.82) is 0 Å². The first-order chi connectivity index (χ1) is 17.9. The molecule has 204 valence electrons. The fourth-order valence-electron chi connectivity index (χ4n) is 3.55. The van der Waals surface area contributed by atoms with Gasteiger partial charge in [0.05, 0.1) is 36.1 Å². The summed E-state index contributed by atoms with van der Waals surface area (Å²) in [5.41, 5.74) is 1.10. The first-order valence-electron chi connectivity index (χ1n) is 12.3. The second-order valence-electron chi connectivity index (χ2n) is 8.02. The summed E-state index contributed by atoms with van der Waals surface area (Å²) in [6.07, 6.45) is 3.84. The van der Waals surface area contributed by atoms with E-state index in [9.17, 15) is 0 Å². The number of nitrogens with zero attached hydrogens (tertiary/aromatic N) is 2. The number of aromatic nitrogens is 2. The van der Waals surface area contributed by atoms with Crippen LogP contribution in [-0.4, -0.2) is 64.2 Å². The Balaban J connectivity index is 0.000000717. The number of benzene rings is 1. The lowest BCUT2D eigenvalue weighted by Gasteiger charge is -2.18. The average molecular weight is 554 g/mol. The molecule has 1 atom stereocenters. The monoisotopic (exact) mass is 552 g/mol. The summed E-state index contributed by atoms with van der Waals surface area (Å²) >= 11 is 13.3. The summed E-state index contributed by atoms with van der Waals surface area (Å²) in [5, 5.41) is 8.97. The van der Waals surface area contributed by atoms with E-state index in [4.69, 9.17) is 47.1 Å². The van der Waals surface area contributed by atoms with E-state index < -0.39 is 0 Å². The molecule has 1 aromatic carbocycles. The van der Waals surface area contributed by atoms with Gasteiger partial charge in [0.2, 0.25) is 0 Å². The maximum atomic E-state index is 6.63. The molecule has 1 unspecified atom stereocenters. The van der Waals surface area contributed by atoms with E-state index in [1.54, 1.807) is 19.4 Å². The lowest BCUT2D eigenvalue weighted by atomic mass is 10.1. The van der Waals surface area contributed by atoms with Gasteiger partial charge in [-0.25, -0.2) is 9.97 Å². The summed E-state index contributed by atoms with van der Waals surface area (Å²) in [5.74, 6) is 2.31. The van der Waals surface area contributed by atoms with Crippen LogP contribution in [0.1, 0.15) is 33.6 Å². The number of fused-ring (bicyclic) bond motifs is 1. The van der Waals surface area contributed by atoms with Crippen molar-refractivity contribution in [1.82, 2.24) is 9.97 Å². The van der Waals surface area contributed by atoms with Gasteiger partial charge in [0.15, 0.2) is 0 Å². The number of methoxy groups -OCH3 is 3. The molecule has 0 radical (unpaired) electrons.